The number of anilines is 2. The number of fused-ring (bicyclic) bond motifs is 4. The quantitative estimate of drug-likeness (QED) is 0.372. The molecule has 0 unspecified atom stereocenters. The highest BCUT2D eigenvalue weighted by molar-refractivity contribution is 5.94. The summed E-state index contributed by atoms with van der Waals surface area (Å²) < 4.78 is 18.7. The Morgan fingerprint density at radius 3 is 2.79 bits per heavy atom. The van der Waals surface area contributed by atoms with E-state index in [0.29, 0.717) is 28.3 Å². The van der Waals surface area contributed by atoms with Crippen LogP contribution in [-0.4, -0.2) is 35.9 Å². The minimum atomic E-state index is -0.315. The van der Waals surface area contributed by atoms with Crippen LogP contribution in [0, 0.1) is 24.6 Å². The number of aryl methyl sites for hydroxylation is 2. The van der Waals surface area contributed by atoms with Crippen molar-refractivity contribution >= 4 is 28.2 Å². The fourth-order valence-electron chi connectivity index (χ4n) is 4.56. The van der Waals surface area contributed by atoms with E-state index >= 15 is 4.39 Å². The highest BCUT2D eigenvalue weighted by Crippen LogP contribution is 2.38. The number of benzene rings is 2. The first-order chi connectivity index (χ1) is 16.1. The first-order valence-electron chi connectivity index (χ1n) is 10.8. The van der Waals surface area contributed by atoms with Gasteiger partial charge in [-0.2, -0.15) is 10.1 Å². The molecule has 6 rings (SSSR count). The Labute approximate surface area is 189 Å². The molecule has 2 aromatic carbocycles. The lowest BCUT2D eigenvalue weighted by Crippen LogP contribution is -2.26. The van der Waals surface area contributed by atoms with Gasteiger partial charge in [-0.05, 0) is 49.6 Å². The second-order valence-electron chi connectivity index (χ2n) is 8.16. The van der Waals surface area contributed by atoms with Gasteiger partial charge in [0.2, 0.25) is 0 Å². The third-order valence-corrected chi connectivity index (χ3v) is 6.02. The van der Waals surface area contributed by atoms with Crippen molar-refractivity contribution in [3.8, 4) is 11.8 Å². The van der Waals surface area contributed by atoms with Crippen LogP contribution in [0.5, 0.6) is 0 Å². The topological polar surface area (TPSA) is 64.1 Å². The van der Waals surface area contributed by atoms with Crippen LogP contribution < -0.4 is 4.90 Å². The average Bonchev–Trinajstić information content (AvgIpc) is 3.42. The van der Waals surface area contributed by atoms with E-state index in [0.717, 1.165) is 41.8 Å². The van der Waals surface area contributed by atoms with Crippen molar-refractivity contribution in [3.63, 3.8) is 0 Å². The molecule has 0 N–H and O–H groups in total. The Morgan fingerprint density at radius 1 is 1.06 bits per heavy atom. The monoisotopic (exact) mass is 437 g/mol. The van der Waals surface area contributed by atoms with Gasteiger partial charge in [0.25, 0.3) is 5.78 Å². The average molecular weight is 437 g/mol. The lowest BCUT2D eigenvalue weighted by Gasteiger charge is -2.32. The molecule has 33 heavy (non-hydrogen) atoms. The van der Waals surface area contributed by atoms with Gasteiger partial charge in [-0.25, -0.2) is 4.39 Å². The maximum atomic E-state index is 15.2. The van der Waals surface area contributed by atoms with E-state index in [1.807, 2.05) is 38.4 Å². The summed E-state index contributed by atoms with van der Waals surface area (Å²) >= 11 is 0. The second-order valence-corrected chi connectivity index (χ2v) is 8.16. The normalized spacial score (nSPS) is 13.2. The van der Waals surface area contributed by atoms with Crippen LogP contribution in [0.15, 0.2) is 48.8 Å². The van der Waals surface area contributed by atoms with Gasteiger partial charge in [-0.15, -0.1) is 10.2 Å². The van der Waals surface area contributed by atoms with Crippen molar-refractivity contribution in [1.82, 2.24) is 29.4 Å². The Kier molecular flexibility index (Phi) is 4.37. The highest BCUT2D eigenvalue weighted by Gasteiger charge is 2.25. The molecule has 4 heterocycles. The zero-order valence-electron chi connectivity index (χ0n) is 18.2. The number of halogens is 1. The summed E-state index contributed by atoms with van der Waals surface area (Å²) in [5.74, 6) is 7.88. The molecule has 5 aromatic rings. The zero-order chi connectivity index (χ0) is 22.5. The Morgan fingerprint density at radius 2 is 1.94 bits per heavy atom. The maximum absolute atomic E-state index is 15.2. The molecule has 7 nitrogen and oxygen atoms in total. The fraction of sp³-hybridized carbons (Fsp3) is 0.200. The predicted molar refractivity (Wildman–Crippen MR) is 124 cm³/mol. The minimum absolute atomic E-state index is 0.315. The van der Waals surface area contributed by atoms with Gasteiger partial charge in [0.1, 0.15) is 17.5 Å². The number of hydrogen-bond donors (Lipinski definition) is 0. The van der Waals surface area contributed by atoms with Crippen LogP contribution in [0.25, 0.3) is 16.7 Å². The summed E-state index contributed by atoms with van der Waals surface area (Å²) in [5, 5.41) is 13.0. The zero-order valence-corrected chi connectivity index (χ0v) is 18.2. The predicted octanol–water partition coefficient (Wildman–Crippen LogP) is 3.94. The largest absolute Gasteiger partial charge is 0.325 e. The van der Waals surface area contributed by atoms with Gasteiger partial charge >= 0.3 is 0 Å². The molecule has 1 aliphatic rings. The van der Waals surface area contributed by atoms with E-state index in [9.17, 15) is 0 Å². The van der Waals surface area contributed by atoms with E-state index < -0.39 is 0 Å². The van der Waals surface area contributed by atoms with Crippen molar-refractivity contribution in [2.24, 2.45) is 7.05 Å². The number of rotatable bonds is 1. The summed E-state index contributed by atoms with van der Waals surface area (Å²) in [7, 11) is 1.87. The molecular weight excluding hydrogens is 417 g/mol. The lowest BCUT2D eigenvalue weighted by molar-refractivity contribution is 0.638. The minimum Gasteiger partial charge on any atom is -0.325 e. The molecule has 0 saturated heterocycles. The summed E-state index contributed by atoms with van der Waals surface area (Å²) in [6, 6.07) is 11.1. The van der Waals surface area contributed by atoms with Gasteiger partial charge in [0.05, 0.1) is 22.7 Å². The standard InChI is InChI=1S/C25H20FN7/c1-16-29-30-25-28-24(23-20(26)8-4-10-22(23)33(16)25)32-13-5-7-19-18(6-3-9-21(19)32)12-11-17-14-27-31(2)15-17/h3-4,6,8-10,14-15H,5,7,13H2,1-2H3. The van der Waals surface area contributed by atoms with Crippen molar-refractivity contribution in [2.75, 3.05) is 11.4 Å². The van der Waals surface area contributed by atoms with Crippen LogP contribution in [-0.2, 0) is 13.5 Å². The van der Waals surface area contributed by atoms with Crippen LogP contribution in [0.1, 0.15) is 28.9 Å². The second kappa shape index (κ2) is 7.41. The Balaban J connectivity index is 1.54. The lowest BCUT2D eigenvalue weighted by atomic mass is 9.96. The molecule has 3 aromatic heterocycles. The van der Waals surface area contributed by atoms with Gasteiger partial charge in [0, 0.05) is 31.0 Å². The molecular formula is C25H20FN7. The number of aromatic nitrogens is 6. The summed E-state index contributed by atoms with van der Waals surface area (Å²) in [4.78, 5) is 6.85. The van der Waals surface area contributed by atoms with Crippen molar-refractivity contribution in [2.45, 2.75) is 19.8 Å². The van der Waals surface area contributed by atoms with E-state index in [4.69, 9.17) is 4.98 Å². The number of nitrogens with zero attached hydrogens (tertiary/aromatic N) is 7. The maximum Gasteiger partial charge on any atom is 0.257 e. The van der Waals surface area contributed by atoms with Crippen LogP contribution >= 0.6 is 0 Å². The van der Waals surface area contributed by atoms with Gasteiger partial charge in [-0.3, -0.25) is 9.08 Å². The fourth-order valence-corrected chi connectivity index (χ4v) is 4.56. The molecule has 0 radical (unpaired) electrons. The van der Waals surface area contributed by atoms with Gasteiger partial charge in [0.15, 0.2) is 0 Å². The van der Waals surface area contributed by atoms with Crippen LogP contribution in [0.4, 0.5) is 15.9 Å². The first kappa shape index (κ1) is 19.4. The molecule has 0 saturated carbocycles. The van der Waals surface area contributed by atoms with E-state index in [1.54, 1.807) is 21.3 Å². The summed E-state index contributed by atoms with van der Waals surface area (Å²) in [6.07, 6.45) is 5.45. The smallest absolute Gasteiger partial charge is 0.257 e. The third-order valence-electron chi connectivity index (χ3n) is 6.02. The van der Waals surface area contributed by atoms with Crippen molar-refractivity contribution in [3.05, 3.63) is 77.1 Å². The van der Waals surface area contributed by atoms with Crippen LogP contribution in [0.3, 0.4) is 0 Å². The molecule has 0 amide bonds. The highest BCUT2D eigenvalue weighted by atomic mass is 19.1. The first-order valence-corrected chi connectivity index (χ1v) is 10.8. The van der Waals surface area contributed by atoms with E-state index in [2.05, 4.69) is 38.1 Å². The van der Waals surface area contributed by atoms with Crippen LogP contribution in [0.2, 0.25) is 0 Å². The molecule has 8 heteroatoms. The van der Waals surface area contributed by atoms with E-state index in [-0.39, 0.29) is 5.82 Å². The molecule has 0 bridgehead atoms. The third kappa shape index (κ3) is 3.12. The summed E-state index contributed by atoms with van der Waals surface area (Å²) in [6.45, 7) is 2.57. The molecule has 162 valence electrons. The van der Waals surface area contributed by atoms with E-state index in [1.165, 1.54) is 6.07 Å². The summed E-state index contributed by atoms with van der Waals surface area (Å²) in [5.41, 5.74) is 4.67. The Bertz CT molecular complexity index is 1600. The molecule has 0 atom stereocenters. The Hall–Kier alpha value is -4.25. The molecule has 0 aliphatic carbocycles. The van der Waals surface area contributed by atoms with Crippen molar-refractivity contribution in [1.29, 1.82) is 0 Å². The molecule has 0 spiro atoms. The van der Waals surface area contributed by atoms with Gasteiger partial charge < -0.3 is 4.90 Å². The molecule has 0 fully saturated rings. The molecule has 1 aliphatic heterocycles. The van der Waals surface area contributed by atoms with Gasteiger partial charge in [-0.1, -0.05) is 24.0 Å². The van der Waals surface area contributed by atoms with Crippen molar-refractivity contribution < 1.29 is 4.39 Å². The number of hydrogen-bond acceptors (Lipinski definition) is 5. The SMILES string of the molecule is Cc1nnc2nc(N3CCCc4c(C#Cc5cnn(C)c5)cccc43)c3c(F)cccc3n12.